The summed E-state index contributed by atoms with van der Waals surface area (Å²) in [4.78, 5) is 15.7. The van der Waals surface area contributed by atoms with Crippen molar-refractivity contribution in [2.45, 2.75) is 0 Å². The number of nitrogens with zero attached hydrogens (tertiary/aromatic N) is 2. The Kier molecular flexibility index (Phi) is 2.70. The van der Waals surface area contributed by atoms with Gasteiger partial charge in [0.2, 0.25) is 0 Å². The molecule has 6 nitrogen and oxygen atoms in total. The van der Waals surface area contributed by atoms with Crippen molar-refractivity contribution in [3.05, 3.63) is 36.4 Å². The van der Waals surface area contributed by atoms with Gasteiger partial charge < -0.3 is 20.7 Å². The number of carbonyl (C=O) groups is 1. The summed E-state index contributed by atoms with van der Waals surface area (Å²) in [5.41, 5.74) is 6.70. The maximum Gasteiger partial charge on any atom is 0.275 e. The number of aromatic nitrogens is 2. The fraction of sp³-hybridized carbons (Fsp3) is 0.0909. The van der Waals surface area contributed by atoms with E-state index in [1.807, 2.05) is 0 Å². The Balaban J connectivity index is 2.18. The summed E-state index contributed by atoms with van der Waals surface area (Å²) in [6, 6.07) is 4.35. The van der Waals surface area contributed by atoms with Crippen LogP contribution in [0.5, 0.6) is 5.75 Å². The van der Waals surface area contributed by atoms with Crippen LogP contribution in [0.2, 0.25) is 0 Å². The molecule has 0 saturated heterocycles. The molecule has 0 aliphatic heterocycles. The lowest BCUT2D eigenvalue weighted by atomic mass is 10.2. The number of nitrogens with one attached hydrogen (secondary N) is 1. The molecular formula is C11H12N4O2. The van der Waals surface area contributed by atoms with Crippen LogP contribution in [0.1, 0.15) is 10.5 Å². The largest absolute Gasteiger partial charge is 0.508 e. The van der Waals surface area contributed by atoms with E-state index < -0.39 is 0 Å². The van der Waals surface area contributed by atoms with Crippen LogP contribution in [0, 0.1) is 0 Å². The zero-order valence-electron chi connectivity index (χ0n) is 9.21. The number of nitrogen functional groups attached to an aromatic ring is 1. The van der Waals surface area contributed by atoms with Crippen LogP contribution in [-0.4, -0.2) is 20.6 Å². The smallest absolute Gasteiger partial charge is 0.275 e. The average molecular weight is 232 g/mol. The third kappa shape index (κ3) is 2.36. The minimum absolute atomic E-state index is 0.0540. The first kappa shape index (κ1) is 11.0. The second-order valence-corrected chi connectivity index (χ2v) is 3.65. The van der Waals surface area contributed by atoms with Gasteiger partial charge in [0.05, 0.1) is 17.7 Å². The van der Waals surface area contributed by atoms with Gasteiger partial charge in [-0.05, 0) is 12.1 Å². The van der Waals surface area contributed by atoms with E-state index in [0.29, 0.717) is 17.1 Å². The summed E-state index contributed by atoms with van der Waals surface area (Å²) in [5.74, 6) is -0.290. The van der Waals surface area contributed by atoms with Crippen molar-refractivity contribution < 1.29 is 9.90 Å². The van der Waals surface area contributed by atoms with Crippen LogP contribution < -0.4 is 11.1 Å². The van der Waals surface area contributed by atoms with Crippen molar-refractivity contribution in [2.75, 3.05) is 11.1 Å². The normalized spacial score (nSPS) is 10.2. The summed E-state index contributed by atoms with van der Waals surface area (Å²) in [5, 5.41) is 11.8. The molecule has 0 fully saturated rings. The number of aromatic hydroxyl groups is 1. The minimum atomic E-state index is -0.344. The van der Waals surface area contributed by atoms with Crippen molar-refractivity contribution in [1.29, 1.82) is 0 Å². The van der Waals surface area contributed by atoms with E-state index in [9.17, 15) is 9.90 Å². The molecule has 1 aromatic heterocycles. The van der Waals surface area contributed by atoms with Gasteiger partial charge in [0.25, 0.3) is 5.91 Å². The number of hydrogen-bond acceptors (Lipinski definition) is 4. The third-order valence-corrected chi connectivity index (χ3v) is 2.22. The monoisotopic (exact) mass is 232 g/mol. The highest BCUT2D eigenvalue weighted by Gasteiger charge is 2.10. The first-order chi connectivity index (χ1) is 8.06. The van der Waals surface area contributed by atoms with Crippen LogP contribution >= 0.6 is 0 Å². The zero-order valence-corrected chi connectivity index (χ0v) is 9.21. The van der Waals surface area contributed by atoms with E-state index >= 15 is 0 Å². The first-order valence-electron chi connectivity index (χ1n) is 4.94. The Bertz CT molecular complexity index is 562. The van der Waals surface area contributed by atoms with Gasteiger partial charge in [0.1, 0.15) is 11.4 Å². The second-order valence-electron chi connectivity index (χ2n) is 3.65. The predicted octanol–water partition coefficient (Wildman–Crippen LogP) is 0.960. The Morgan fingerprint density at radius 3 is 2.88 bits per heavy atom. The van der Waals surface area contributed by atoms with Gasteiger partial charge in [0, 0.05) is 19.3 Å². The number of nitrogens with two attached hydrogens (primary N) is 1. The number of imidazole rings is 1. The molecular weight excluding hydrogens is 220 g/mol. The highest BCUT2D eigenvalue weighted by Crippen LogP contribution is 2.23. The molecule has 88 valence electrons. The van der Waals surface area contributed by atoms with Crippen molar-refractivity contribution in [2.24, 2.45) is 7.05 Å². The zero-order chi connectivity index (χ0) is 12.4. The molecule has 2 rings (SSSR count). The van der Waals surface area contributed by atoms with Gasteiger partial charge in [0.15, 0.2) is 0 Å². The Morgan fingerprint density at radius 2 is 2.29 bits per heavy atom. The van der Waals surface area contributed by atoms with Crippen molar-refractivity contribution in [3.63, 3.8) is 0 Å². The first-order valence-corrected chi connectivity index (χ1v) is 4.94. The van der Waals surface area contributed by atoms with Crippen LogP contribution in [0.25, 0.3) is 0 Å². The lowest BCUT2D eigenvalue weighted by Gasteiger charge is -2.06. The highest BCUT2D eigenvalue weighted by molar-refractivity contribution is 6.04. The molecule has 0 unspecified atom stereocenters. The Hall–Kier alpha value is -2.50. The fourth-order valence-corrected chi connectivity index (χ4v) is 1.38. The third-order valence-electron chi connectivity index (χ3n) is 2.22. The SMILES string of the molecule is Cn1cnc(C(=O)Nc2ccc(O)cc2N)c1. The summed E-state index contributed by atoms with van der Waals surface area (Å²) in [7, 11) is 1.78. The van der Waals surface area contributed by atoms with Gasteiger partial charge in [-0.25, -0.2) is 4.98 Å². The molecule has 0 aliphatic carbocycles. The van der Waals surface area contributed by atoms with Gasteiger partial charge in [-0.2, -0.15) is 0 Å². The number of aryl methyl sites for hydroxylation is 1. The van der Waals surface area contributed by atoms with Crippen molar-refractivity contribution in [1.82, 2.24) is 9.55 Å². The van der Waals surface area contributed by atoms with E-state index in [4.69, 9.17) is 5.73 Å². The Morgan fingerprint density at radius 1 is 1.53 bits per heavy atom. The topological polar surface area (TPSA) is 93.2 Å². The van der Waals surface area contributed by atoms with Gasteiger partial charge in [-0.15, -0.1) is 0 Å². The quantitative estimate of drug-likeness (QED) is 0.531. The number of phenols is 1. The maximum absolute atomic E-state index is 11.8. The number of rotatable bonds is 2. The molecule has 0 saturated carbocycles. The highest BCUT2D eigenvalue weighted by atomic mass is 16.3. The molecule has 1 amide bonds. The fourth-order valence-electron chi connectivity index (χ4n) is 1.38. The summed E-state index contributed by atoms with van der Waals surface area (Å²) < 4.78 is 1.68. The summed E-state index contributed by atoms with van der Waals surface area (Å²) in [6.45, 7) is 0. The molecule has 17 heavy (non-hydrogen) atoms. The number of phenolic OH excluding ortho intramolecular Hbond substituents is 1. The van der Waals surface area contributed by atoms with Crippen LogP contribution in [0.15, 0.2) is 30.7 Å². The lowest BCUT2D eigenvalue weighted by molar-refractivity contribution is 0.102. The number of carbonyl (C=O) groups excluding carboxylic acids is 1. The molecule has 0 radical (unpaired) electrons. The number of amides is 1. The molecule has 6 heteroatoms. The van der Waals surface area contributed by atoms with E-state index in [1.165, 1.54) is 24.5 Å². The molecule has 2 aromatic rings. The summed E-state index contributed by atoms with van der Waals surface area (Å²) in [6.07, 6.45) is 3.14. The van der Waals surface area contributed by atoms with Crippen LogP contribution in [0.3, 0.4) is 0 Å². The van der Waals surface area contributed by atoms with Gasteiger partial charge in [-0.3, -0.25) is 4.79 Å². The predicted molar refractivity (Wildman–Crippen MR) is 63.7 cm³/mol. The van der Waals surface area contributed by atoms with Crippen LogP contribution in [0.4, 0.5) is 11.4 Å². The summed E-state index contributed by atoms with van der Waals surface area (Å²) >= 11 is 0. The standard InChI is InChI=1S/C11H12N4O2/c1-15-5-10(13-6-15)11(17)14-9-3-2-7(16)4-8(9)12/h2-6,16H,12H2,1H3,(H,14,17). The van der Waals surface area contributed by atoms with E-state index in [1.54, 1.807) is 17.8 Å². The number of benzene rings is 1. The molecule has 1 aromatic carbocycles. The van der Waals surface area contributed by atoms with Gasteiger partial charge >= 0.3 is 0 Å². The molecule has 4 N–H and O–H groups in total. The maximum atomic E-state index is 11.8. The van der Waals surface area contributed by atoms with Crippen LogP contribution in [-0.2, 0) is 7.05 Å². The second kappa shape index (κ2) is 4.17. The minimum Gasteiger partial charge on any atom is -0.508 e. The van der Waals surface area contributed by atoms with E-state index in [2.05, 4.69) is 10.3 Å². The lowest BCUT2D eigenvalue weighted by Crippen LogP contribution is -2.13. The van der Waals surface area contributed by atoms with E-state index in [-0.39, 0.29) is 11.7 Å². The molecule has 0 bridgehead atoms. The van der Waals surface area contributed by atoms with Crippen molar-refractivity contribution in [3.8, 4) is 5.75 Å². The molecule has 1 heterocycles. The number of hydrogen-bond donors (Lipinski definition) is 3. The van der Waals surface area contributed by atoms with Gasteiger partial charge in [-0.1, -0.05) is 0 Å². The molecule has 0 atom stereocenters. The molecule has 0 spiro atoms. The Labute approximate surface area is 97.7 Å². The van der Waals surface area contributed by atoms with E-state index in [0.717, 1.165) is 0 Å². The van der Waals surface area contributed by atoms with Crippen molar-refractivity contribution >= 4 is 17.3 Å². The average Bonchev–Trinajstić information content (AvgIpc) is 2.69. The number of anilines is 2. The molecule has 0 aliphatic rings.